The third-order valence-corrected chi connectivity index (χ3v) is 9.40. The highest BCUT2D eigenvalue weighted by Gasteiger charge is 2.34. The number of nitrogens with zero attached hydrogens (tertiary/aromatic N) is 1. The monoisotopic (exact) mass is 698 g/mol. The zero-order valence-corrected chi connectivity index (χ0v) is 33.5. The van der Waals surface area contributed by atoms with Crippen LogP contribution in [-0.4, -0.2) is 49.9 Å². The summed E-state index contributed by atoms with van der Waals surface area (Å²) in [6.45, 7) is 6.51. The van der Waals surface area contributed by atoms with E-state index in [0.717, 1.165) is 51.4 Å². The maximum atomic E-state index is 12.7. The quantitative estimate of drug-likeness (QED) is 0.0221. The van der Waals surface area contributed by atoms with Crippen molar-refractivity contribution in [2.75, 3.05) is 21.1 Å². The Morgan fingerprint density at radius 3 is 1.04 bits per heavy atom. The Labute approximate surface area is 305 Å². The molecule has 1 unspecified atom stereocenters. The van der Waals surface area contributed by atoms with Crippen LogP contribution in [0.2, 0.25) is 0 Å². The van der Waals surface area contributed by atoms with Crippen LogP contribution in [-0.2, 0) is 19.1 Å². The number of unbranched alkanes of at least 4 members (excludes halogenated alkanes) is 22. The van der Waals surface area contributed by atoms with Gasteiger partial charge in [-0.15, -0.1) is 0 Å². The maximum absolute atomic E-state index is 12.7. The van der Waals surface area contributed by atoms with Crippen LogP contribution in [0, 0.1) is 0 Å². The number of carbonyl (C=O) groups excluding carboxylic acids is 2. The number of likely N-dealkylation sites (N-methyl/N-ethyl adjacent to an activating group) is 1. The minimum atomic E-state index is -0.846. The molecule has 0 amide bonds. The van der Waals surface area contributed by atoms with Gasteiger partial charge in [0.05, 0.1) is 21.1 Å². The van der Waals surface area contributed by atoms with Crippen LogP contribution in [0.5, 0.6) is 0 Å². The van der Waals surface area contributed by atoms with E-state index in [-0.39, 0.29) is 30.4 Å². The first-order valence-electron chi connectivity index (χ1n) is 20.2. The second-order valence-corrected chi connectivity index (χ2v) is 14.9. The van der Waals surface area contributed by atoms with Gasteiger partial charge in [-0.25, -0.2) is 0 Å². The lowest BCUT2D eigenvalue weighted by atomic mass is 10.1. The van der Waals surface area contributed by atoms with Crippen LogP contribution < -0.4 is 12.4 Å². The maximum Gasteiger partial charge on any atom is 0.309 e. The molecule has 0 aliphatic heterocycles. The van der Waals surface area contributed by atoms with E-state index in [1.165, 1.54) is 116 Å². The Bertz CT molecular complexity index is 722. The summed E-state index contributed by atoms with van der Waals surface area (Å²) in [7, 11) is 6.10. The molecule has 5 nitrogen and oxygen atoms in total. The number of quaternary nitrogens is 1. The minimum absolute atomic E-state index is 0. The van der Waals surface area contributed by atoms with Gasteiger partial charge in [0.25, 0.3) is 6.29 Å². The van der Waals surface area contributed by atoms with E-state index in [1.807, 2.05) is 28.1 Å². The third kappa shape index (κ3) is 33.2. The van der Waals surface area contributed by atoms with Crippen molar-refractivity contribution in [1.29, 1.82) is 0 Å². The zero-order chi connectivity index (χ0) is 34.9. The van der Waals surface area contributed by atoms with E-state index < -0.39 is 6.29 Å². The molecule has 0 radical (unpaired) electrons. The molecular weight excluding hydrogens is 618 g/mol. The third-order valence-electron chi connectivity index (χ3n) is 9.40. The second kappa shape index (κ2) is 35.5. The van der Waals surface area contributed by atoms with Crippen molar-refractivity contribution in [3.8, 4) is 0 Å². The summed E-state index contributed by atoms with van der Waals surface area (Å²) in [5, 5.41) is 0. The Balaban J connectivity index is 0. The fourth-order valence-electron chi connectivity index (χ4n) is 5.64. The van der Waals surface area contributed by atoms with Gasteiger partial charge in [-0.2, -0.15) is 0 Å². The number of esters is 2. The van der Waals surface area contributed by atoms with E-state index in [2.05, 4.69) is 38.2 Å². The normalized spacial score (nSPS) is 12.6. The van der Waals surface area contributed by atoms with Crippen LogP contribution >= 0.6 is 0 Å². The highest BCUT2D eigenvalue weighted by atomic mass is 35.5. The summed E-state index contributed by atoms with van der Waals surface area (Å²) < 4.78 is 12.0. The van der Waals surface area contributed by atoms with Gasteiger partial charge in [0.15, 0.2) is 6.04 Å². The van der Waals surface area contributed by atoms with Gasteiger partial charge < -0.3 is 26.4 Å². The molecule has 0 heterocycles. The van der Waals surface area contributed by atoms with Crippen LogP contribution in [0.1, 0.15) is 201 Å². The van der Waals surface area contributed by atoms with E-state index in [0.29, 0.717) is 17.3 Å². The van der Waals surface area contributed by atoms with Gasteiger partial charge in [-0.3, -0.25) is 9.59 Å². The Morgan fingerprint density at radius 2 is 0.750 bits per heavy atom. The topological polar surface area (TPSA) is 52.6 Å². The molecule has 0 aliphatic carbocycles. The smallest absolute Gasteiger partial charge is 0.309 e. The van der Waals surface area contributed by atoms with Crippen molar-refractivity contribution in [3.63, 3.8) is 0 Å². The lowest BCUT2D eigenvalue weighted by Gasteiger charge is -2.35. The van der Waals surface area contributed by atoms with Gasteiger partial charge >= 0.3 is 11.9 Å². The molecule has 0 N–H and O–H groups in total. The molecular formula is C42H80ClNO4. The molecule has 48 heavy (non-hydrogen) atoms. The van der Waals surface area contributed by atoms with Gasteiger partial charge in [0, 0.05) is 12.8 Å². The number of rotatable bonds is 34. The van der Waals surface area contributed by atoms with E-state index >= 15 is 0 Å². The SMILES string of the molecule is CCCCCCCC/C=C\CCCCCCCC(=O)OC(OC(=O)CCCCCCC/C=C\CCCCCCCC)C(C)[N+](C)(C)C.[Cl-]. The van der Waals surface area contributed by atoms with Gasteiger partial charge in [0.2, 0.25) is 0 Å². The van der Waals surface area contributed by atoms with Crippen molar-refractivity contribution >= 4 is 11.9 Å². The number of halogens is 1. The minimum Gasteiger partial charge on any atom is -1.00 e. The molecule has 0 aromatic heterocycles. The molecule has 0 aromatic carbocycles. The lowest BCUT2D eigenvalue weighted by Crippen LogP contribution is -3.00. The Kier molecular flexibility index (Phi) is 36.1. The molecule has 1 atom stereocenters. The summed E-state index contributed by atoms with van der Waals surface area (Å²) in [6.07, 6.45) is 41.2. The Hall–Kier alpha value is -1.33. The van der Waals surface area contributed by atoms with E-state index in [9.17, 15) is 9.59 Å². The predicted octanol–water partition coefficient (Wildman–Crippen LogP) is 9.57. The fourth-order valence-corrected chi connectivity index (χ4v) is 5.64. The fraction of sp³-hybridized carbons (Fsp3) is 0.857. The van der Waals surface area contributed by atoms with Crippen molar-refractivity contribution in [3.05, 3.63) is 24.3 Å². The summed E-state index contributed by atoms with van der Waals surface area (Å²) >= 11 is 0. The van der Waals surface area contributed by atoms with Crippen LogP contribution in [0.15, 0.2) is 24.3 Å². The molecule has 0 aromatic rings. The molecule has 0 rings (SSSR count). The number of hydrogen-bond donors (Lipinski definition) is 0. The van der Waals surface area contributed by atoms with Crippen molar-refractivity contribution in [1.82, 2.24) is 0 Å². The molecule has 284 valence electrons. The van der Waals surface area contributed by atoms with Gasteiger partial charge in [0.1, 0.15) is 0 Å². The van der Waals surface area contributed by atoms with E-state index in [4.69, 9.17) is 9.47 Å². The highest BCUT2D eigenvalue weighted by molar-refractivity contribution is 5.71. The van der Waals surface area contributed by atoms with E-state index in [1.54, 1.807) is 0 Å². The molecule has 0 saturated heterocycles. The number of allylic oxidation sites excluding steroid dienone is 4. The molecule has 0 bridgehead atoms. The van der Waals surface area contributed by atoms with Gasteiger partial charge in [-0.05, 0) is 71.1 Å². The summed E-state index contributed by atoms with van der Waals surface area (Å²) in [4.78, 5) is 25.3. The number of carbonyl (C=O) groups is 2. The average Bonchev–Trinajstić information content (AvgIpc) is 3.03. The summed E-state index contributed by atoms with van der Waals surface area (Å²) in [5.74, 6) is -0.525. The largest absolute Gasteiger partial charge is 1.00 e. The van der Waals surface area contributed by atoms with Crippen molar-refractivity contribution in [2.24, 2.45) is 0 Å². The van der Waals surface area contributed by atoms with Crippen LogP contribution in [0.3, 0.4) is 0 Å². The molecule has 0 saturated carbocycles. The first-order chi connectivity index (χ1) is 22.7. The standard InChI is InChI=1S/C42H80NO4.ClH/c1-7-9-11-13-15-17-19-21-23-25-27-29-31-33-35-37-40(44)46-42(39(3)43(4,5)6)47-41(45)38-36-34-32-30-28-26-24-22-20-18-16-14-12-10-8-2;/h21-24,39,42H,7-20,25-38H2,1-6H3;1H/q+1;/p-1/b23-21-,24-22-;. The van der Waals surface area contributed by atoms with Crippen LogP contribution in [0.25, 0.3) is 0 Å². The van der Waals surface area contributed by atoms with Crippen molar-refractivity contribution in [2.45, 2.75) is 213 Å². The zero-order valence-electron chi connectivity index (χ0n) is 32.7. The summed E-state index contributed by atoms with van der Waals surface area (Å²) in [6, 6.07) is -0.147. The summed E-state index contributed by atoms with van der Waals surface area (Å²) in [5.41, 5.74) is 0. The van der Waals surface area contributed by atoms with Crippen LogP contribution in [0.4, 0.5) is 0 Å². The number of ether oxygens (including phenoxy) is 2. The Morgan fingerprint density at radius 1 is 0.479 bits per heavy atom. The predicted molar refractivity (Wildman–Crippen MR) is 202 cm³/mol. The molecule has 0 fully saturated rings. The van der Waals surface area contributed by atoms with Crippen molar-refractivity contribution < 1.29 is 36.0 Å². The second-order valence-electron chi connectivity index (χ2n) is 14.9. The molecule has 6 heteroatoms. The molecule has 0 aliphatic rings. The van der Waals surface area contributed by atoms with Gasteiger partial charge in [-0.1, -0.05) is 141 Å². The highest BCUT2D eigenvalue weighted by Crippen LogP contribution is 2.17. The molecule has 0 spiro atoms. The first kappa shape index (κ1) is 48.8. The average molecular weight is 699 g/mol. The first-order valence-corrected chi connectivity index (χ1v) is 20.2. The number of hydrogen-bond acceptors (Lipinski definition) is 4. The lowest BCUT2D eigenvalue weighted by molar-refractivity contribution is -0.900.